The summed E-state index contributed by atoms with van der Waals surface area (Å²) in [7, 11) is 1.82. The molecule has 1 N–H and O–H groups in total. The van der Waals surface area contributed by atoms with Gasteiger partial charge in [-0.3, -0.25) is 14.5 Å². The van der Waals surface area contributed by atoms with Gasteiger partial charge in [0.15, 0.2) is 10.6 Å². The van der Waals surface area contributed by atoms with Gasteiger partial charge in [-0.25, -0.2) is 0 Å². The SMILES string of the molecule is CCc1ccc(CN(C)C(=O)C(C)n2c(-c3cccs3)n[nH]c2=S)cc1. The highest BCUT2D eigenvalue weighted by Crippen LogP contribution is 2.26. The van der Waals surface area contributed by atoms with Crippen molar-refractivity contribution in [3.05, 3.63) is 57.7 Å². The van der Waals surface area contributed by atoms with E-state index in [0.29, 0.717) is 17.1 Å². The van der Waals surface area contributed by atoms with Gasteiger partial charge in [-0.15, -0.1) is 11.3 Å². The summed E-state index contributed by atoms with van der Waals surface area (Å²) in [5, 5.41) is 9.11. The highest BCUT2D eigenvalue weighted by Gasteiger charge is 2.24. The molecule has 136 valence electrons. The lowest BCUT2D eigenvalue weighted by molar-refractivity contribution is -0.133. The molecule has 2 aromatic heterocycles. The van der Waals surface area contributed by atoms with Crippen LogP contribution in [0.4, 0.5) is 0 Å². The number of thiophene rings is 1. The largest absolute Gasteiger partial charge is 0.340 e. The Balaban J connectivity index is 1.79. The highest BCUT2D eigenvalue weighted by atomic mass is 32.1. The van der Waals surface area contributed by atoms with Gasteiger partial charge >= 0.3 is 0 Å². The molecular formula is C19H22N4OS2. The molecule has 1 aromatic carbocycles. The maximum absolute atomic E-state index is 13.0. The number of aromatic nitrogens is 3. The zero-order chi connectivity index (χ0) is 18.7. The summed E-state index contributed by atoms with van der Waals surface area (Å²) in [5.41, 5.74) is 2.40. The first-order valence-corrected chi connectivity index (χ1v) is 9.83. The fraction of sp³-hybridized carbons (Fsp3) is 0.316. The summed E-state index contributed by atoms with van der Waals surface area (Å²) < 4.78 is 2.25. The van der Waals surface area contributed by atoms with Crippen molar-refractivity contribution in [2.75, 3.05) is 7.05 Å². The van der Waals surface area contributed by atoms with E-state index in [-0.39, 0.29) is 5.91 Å². The number of rotatable bonds is 6. The quantitative estimate of drug-likeness (QED) is 0.637. The number of hydrogen-bond donors (Lipinski definition) is 1. The van der Waals surface area contributed by atoms with Gasteiger partial charge in [0.2, 0.25) is 5.91 Å². The molecule has 26 heavy (non-hydrogen) atoms. The summed E-state index contributed by atoms with van der Waals surface area (Å²) in [5.74, 6) is 0.700. The molecular weight excluding hydrogens is 364 g/mol. The first kappa shape index (κ1) is 18.5. The lowest BCUT2D eigenvalue weighted by atomic mass is 10.1. The molecule has 0 aliphatic carbocycles. The van der Waals surface area contributed by atoms with Crippen LogP contribution in [-0.4, -0.2) is 32.6 Å². The van der Waals surface area contributed by atoms with Gasteiger partial charge in [-0.1, -0.05) is 37.3 Å². The van der Waals surface area contributed by atoms with Gasteiger partial charge in [0.05, 0.1) is 4.88 Å². The van der Waals surface area contributed by atoms with Crippen LogP contribution < -0.4 is 0 Å². The molecule has 2 heterocycles. The molecule has 0 bridgehead atoms. The minimum Gasteiger partial charge on any atom is -0.340 e. The normalized spacial score (nSPS) is 12.1. The average Bonchev–Trinajstić information content (AvgIpc) is 3.30. The lowest BCUT2D eigenvalue weighted by Crippen LogP contribution is -2.33. The topological polar surface area (TPSA) is 53.9 Å². The van der Waals surface area contributed by atoms with E-state index in [0.717, 1.165) is 16.9 Å². The van der Waals surface area contributed by atoms with E-state index >= 15 is 0 Å². The Kier molecular flexibility index (Phi) is 5.68. The van der Waals surface area contributed by atoms with Crippen molar-refractivity contribution in [3.8, 4) is 10.7 Å². The van der Waals surface area contributed by atoms with E-state index in [9.17, 15) is 4.79 Å². The number of amides is 1. The molecule has 0 saturated carbocycles. The molecule has 0 radical (unpaired) electrons. The Hall–Kier alpha value is -2.25. The minimum absolute atomic E-state index is 0.000117. The Morgan fingerprint density at radius 1 is 1.31 bits per heavy atom. The van der Waals surface area contributed by atoms with Crippen molar-refractivity contribution in [1.82, 2.24) is 19.7 Å². The molecule has 5 nitrogen and oxygen atoms in total. The van der Waals surface area contributed by atoms with E-state index in [1.165, 1.54) is 5.56 Å². The smallest absolute Gasteiger partial charge is 0.245 e. The maximum atomic E-state index is 13.0. The fourth-order valence-corrected chi connectivity index (χ4v) is 3.91. The molecule has 1 amide bonds. The van der Waals surface area contributed by atoms with E-state index in [1.807, 2.05) is 31.5 Å². The summed E-state index contributed by atoms with van der Waals surface area (Å²) in [4.78, 5) is 15.7. The third-order valence-corrected chi connectivity index (χ3v) is 5.57. The second-order valence-electron chi connectivity index (χ2n) is 6.24. The summed E-state index contributed by atoms with van der Waals surface area (Å²) in [6.07, 6.45) is 1.01. The van der Waals surface area contributed by atoms with Gasteiger partial charge in [-0.2, -0.15) is 5.10 Å². The summed E-state index contributed by atoms with van der Waals surface area (Å²) >= 11 is 6.94. The van der Waals surface area contributed by atoms with Gasteiger partial charge < -0.3 is 4.90 Å². The molecule has 0 aliphatic rings. The average molecular weight is 387 g/mol. The predicted molar refractivity (Wildman–Crippen MR) is 108 cm³/mol. The van der Waals surface area contributed by atoms with Crippen LogP contribution in [-0.2, 0) is 17.8 Å². The molecule has 7 heteroatoms. The van der Waals surface area contributed by atoms with Crippen LogP contribution in [0.15, 0.2) is 41.8 Å². The Morgan fingerprint density at radius 2 is 2.00 bits per heavy atom. The Morgan fingerprint density at radius 3 is 2.62 bits per heavy atom. The van der Waals surface area contributed by atoms with Crippen LogP contribution in [0.2, 0.25) is 0 Å². The van der Waals surface area contributed by atoms with Crippen LogP contribution in [0.1, 0.15) is 31.0 Å². The number of aromatic amines is 1. The third-order valence-electron chi connectivity index (χ3n) is 4.42. The van der Waals surface area contributed by atoms with Crippen molar-refractivity contribution >= 4 is 29.5 Å². The zero-order valence-corrected chi connectivity index (χ0v) is 16.7. The molecule has 0 spiro atoms. The molecule has 3 rings (SSSR count). The molecule has 3 aromatic rings. The monoisotopic (exact) mass is 386 g/mol. The van der Waals surface area contributed by atoms with Crippen LogP contribution in [0, 0.1) is 4.77 Å². The van der Waals surface area contributed by atoms with Crippen LogP contribution in [0.25, 0.3) is 10.7 Å². The third kappa shape index (κ3) is 3.78. The standard InChI is InChI=1S/C19H22N4OS2/c1-4-14-7-9-15(10-8-14)12-22(3)18(24)13(2)23-17(20-21-19(23)25)16-6-5-11-26-16/h5-11,13H,4,12H2,1-3H3,(H,21,25). The first-order chi connectivity index (χ1) is 12.5. The van der Waals surface area contributed by atoms with Crippen LogP contribution >= 0.6 is 23.6 Å². The first-order valence-electron chi connectivity index (χ1n) is 8.54. The zero-order valence-electron chi connectivity index (χ0n) is 15.1. The number of carbonyl (C=O) groups is 1. The van der Waals surface area contributed by atoms with Crippen molar-refractivity contribution in [1.29, 1.82) is 0 Å². The number of aryl methyl sites for hydroxylation is 1. The van der Waals surface area contributed by atoms with Gasteiger partial charge in [0, 0.05) is 13.6 Å². The van der Waals surface area contributed by atoms with E-state index in [1.54, 1.807) is 20.8 Å². The summed E-state index contributed by atoms with van der Waals surface area (Å²) in [6, 6.07) is 11.9. The number of nitrogens with one attached hydrogen (secondary N) is 1. The van der Waals surface area contributed by atoms with Crippen molar-refractivity contribution in [2.45, 2.75) is 32.9 Å². The van der Waals surface area contributed by atoms with Gasteiger partial charge in [0.25, 0.3) is 0 Å². The molecule has 1 unspecified atom stereocenters. The maximum Gasteiger partial charge on any atom is 0.245 e. The van der Waals surface area contributed by atoms with E-state index < -0.39 is 6.04 Å². The number of hydrogen-bond acceptors (Lipinski definition) is 4. The summed E-state index contributed by atoms with van der Waals surface area (Å²) in [6.45, 7) is 4.56. The number of benzene rings is 1. The van der Waals surface area contributed by atoms with Gasteiger partial charge in [-0.05, 0) is 48.1 Å². The number of likely N-dealkylation sites (N-methyl/N-ethyl adjacent to an activating group) is 1. The van der Waals surface area contributed by atoms with Crippen molar-refractivity contribution in [3.63, 3.8) is 0 Å². The minimum atomic E-state index is -0.432. The lowest BCUT2D eigenvalue weighted by Gasteiger charge is -2.23. The Labute approximate surface area is 162 Å². The number of carbonyl (C=O) groups excluding carboxylic acids is 1. The van der Waals surface area contributed by atoms with Crippen molar-refractivity contribution < 1.29 is 4.79 Å². The molecule has 0 saturated heterocycles. The molecule has 0 fully saturated rings. The molecule has 1 atom stereocenters. The van der Waals surface area contributed by atoms with E-state index in [4.69, 9.17) is 12.2 Å². The fourth-order valence-electron chi connectivity index (χ4n) is 2.91. The second-order valence-corrected chi connectivity index (χ2v) is 7.57. The van der Waals surface area contributed by atoms with Gasteiger partial charge in [0.1, 0.15) is 6.04 Å². The van der Waals surface area contributed by atoms with Crippen LogP contribution in [0.5, 0.6) is 0 Å². The number of H-pyrrole nitrogens is 1. The highest BCUT2D eigenvalue weighted by molar-refractivity contribution is 7.71. The number of nitrogens with zero attached hydrogens (tertiary/aromatic N) is 3. The van der Waals surface area contributed by atoms with Crippen molar-refractivity contribution in [2.24, 2.45) is 0 Å². The van der Waals surface area contributed by atoms with Crippen LogP contribution in [0.3, 0.4) is 0 Å². The second kappa shape index (κ2) is 7.97. The molecule has 0 aliphatic heterocycles. The predicted octanol–water partition coefficient (Wildman–Crippen LogP) is 4.45. The Bertz CT molecular complexity index is 925. The van der Waals surface area contributed by atoms with E-state index in [2.05, 4.69) is 41.4 Å².